The molecule has 5 nitrogen and oxygen atoms in total. The third kappa shape index (κ3) is 3.69. The molecule has 0 aliphatic carbocycles. The van der Waals surface area contributed by atoms with Gasteiger partial charge in [0.15, 0.2) is 6.10 Å². The van der Waals surface area contributed by atoms with E-state index in [0.29, 0.717) is 0 Å². The fraction of sp³-hybridized carbons (Fsp3) is 0.444. The van der Waals surface area contributed by atoms with E-state index in [1.165, 1.54) is 0 Å². The van der Waals surface area contributed by atoms with E-state index < -0.39 is 30.9 Å². The Morgan fingerprint density at radius 2 is 2.00 bits per heavy atom. The molecule has 5 heteroatoms. The van der Waals surface area contributed by atoms with Crippen molar-refractivity contribution in [3.8, 4) is 0 Å². The van der Waals surface area contributed by atoms with Crippen molar-refractivity contribution >= 4 is 5.97 Å². The van der Waals surface area contributed by atoms with Gasteiger partial charge in [-0.3, -0.25) is 0 Å². The van der Waals surface area contributed by atoms with Gasteiger partial charge in [0, 0.05) is 6.08 Å². The summed E-state index contributed by atoms with van der Waals surface area (Å²) in [6.45, 7) is 5.80. The van der Waals surface area contributed by atoms with E-state index in [-0.39, 0.29) is 0 Å². The van der Waals surface area contributed by atoms with Gasteiger partial charge in [-0.15, -0.1) is 6.58 Å². The van der Waals surface area contributed by atoms with Gasteiger partial charge < -0.3 is 20.1 Å². The molecule has 0 spiro atoms. The normalized spacial score (nSPS) is 16.5. The lowest BCUT2D eigenvalue weighted by Crippen LogP contribution is -2.41. The summed E-state index contributed by atoms with van der Waals surface area (Å²) in [4.78, 5) is 10.8. The topological polar surface area (TPSA) is 87.0 Å². The maximum atomic E-state index is 10.8. The first-order chi connectivity index (χ1) is 6.56. The van der Waals surface area contributed by atoms with E-state index in [2.05, 4.69) is 17.9 Å². The number of ether oxygens (including phenoxy) is 1. The molecule has 0 aromatic carbocycles. The molecule has 0 fully saturated rings. The van der Waals surface area contributed by atoms with Crippen LogP contribution < -0.4 is 0 Å². The molecular weight excluding hydrogens is 188 g/mol. The molecule has 80 valence electrons. The predicted molar refractivity (Wildman–Crippen MR) is 49.4 cm³/mol. The fourth-order valence-corrected chi connectivity index (χ4v) is 0.796. The summed E-state index contributed by atoms with van der Waals surface area (Å²) < 4.78 is 4.62. The van der Waals surface area contributed by atoms with Gasteiger partial charge in [-0.25, -0.2) is 4.79 Å². The minimum atomic E-state index is -1.35. The molecule has 0 aliphatic heterocycles. The predicted octanol–water partition coefficient (Wildman–Crippen LogP) is -1.02. The molecule has 0 radical (unpaired) electrons. The Hall–Kier alpha value is -1.17. The number of hydrogen-bond acceptors (Lipinski definition) is 5. The van der Waals surface area contributed by atoms with Crippen LogP contribution in [-0.2, 0) is 9.53 Å². The maximum Gasteiger partial charge on any atom is 0.330 e. The number of aliphatic hydroxyl groups is 3. The highest BCUT2D eigenvalue weighted by atomic mass is 16.6. The van der Waals surface area contributed by atoms with Crippen LogP contribution in [0.25, 0.3) is 0 Å². The minimum absolute atomic E-state index is 0.625. The van der Waals surface area contributed by atoms with Gasteiger partial charge in [-0.1, -0.05) is 12.7 Å². The zero-order valence-corrected chi connectivity index (χ0v) is 7.67. The van der Waals surface area contributed by atoms with E-state index in [1.807, 2.05) is 0 Å². The van der Waals surface area contributed by atoms with Crippen LogP contribution in [0.15, 0.2) is 25.3 Å². The number of esters is 1. The van der Waals surface area contributed by atoms with Crippen molar-refractivity contribution in [2.75, 3.05) is 6.61 Å². The van der Waals surface area contributed by atoms with E-state index >= 15 is 0 Å². The first-order valence-corrected chi connectivity index (χ1v) is 3.99. The van der Waals surface area contributed by atoms with Gasteiger partial charge in [-0.2, -0.15) is 0 Å². The van der Waals surface area contributed by atoms with E-state index in [4.69, 9.17) is 5.11 Å². The second-order valence-electron chi connectivity index (χ2n) is 2.58. The molecule has 0 saturated carbocycles. The molecule has 0 aliphatic rings. The summed E-state index contributed by atoms with van der Waals surface area (Å²) in [5.41, 5.74) is 0. The molecule has 0 rings (SSSR count). The van der Waals surface area contributed by atoms with Gasteiger partial charge in [-0.05, 0) is 0 Å². The molecule has 0 unspecified atom stereocenters. The standard InChI is InChI=1S/C9H14O5/c1-3-6(11)9(7(12)5-10)14-8(13)4-2/h3-4,6-7,9-12H,1-2,5H2/t6-,7-,9+/m1/s1. The van der Waals surface area contributed by atoms with Crippen LogP contribution in [0.4, 0.5) is 0 Å². The molecule has 0 saturated heterocycles. The molecule has 0 aromatic rings. The summed E-state index contributed by atoms with van der Waals surface area (Å²) in [5, 5.41) is 27.1. The maximum absolute atomic E-state index is 10.8. The summed E-state index contributed by atoms with van der Waals surface area (Å²) in [6, 6.07) is 0. The number of hydrogen-bond donors (Lipinski definition) is 3. The van der Waals surface area contributed by atoms with Gasteiger partial charge >= 0.3 is 5.97 Å². The third-order valence-corrected chi connectivity index (χ3v) is 1.56. The summed E-state index contributed by atoms with van der Waals surface area (Å²) in [6.07, 6.45) is -1.83. The van der Waals surface area contributed by atoms with Crippen LogP contribution in [-0.4, -0.2) is 46.2 Å². The molecule has 14 heavy (non-hydrogen) atoms. The van der Waals surface area contributed by atoms with Gasteiger partial charge in [0.2, 0.25) is 0 Å². The molecule has 0 heterocycles. The number of rotatable bonds is 6. The Kier molecular flexibility index (Phi) is 5.78. The lowest BCUT2D eigenvalue weighted by Gasteiger charge is -2.23. The van der Waals surface area contributed by atoms with E-state index in [9.17, 15) is 15.0 Å². The minimum Gasteiger partial charge on any atom is -0.453 e. The van der Waals surface area contributed by atoms with Crippen LogP contribution in [0.1, 0.15) is 0 Å². The van der Waals surface area contributed by atoms with Crippen LogP contribution in [0.2, 0.25) is 0 Å². The summed E-state index contributed by atoms with van der Waals surface area (Å²) >= 11 is 0. The molecule has 0 amide bonds. The van der Waals surface area contributed by atoms with E-state index in [0.717, 1.165) is 12.2 Å². The zero-order chi connectivity index (χ0) is 11.1. The van der Waals surface area contributed by atoms with Crippen molar-refractivity contribution in [3.05, 3.63) is 25.3 Å². The second kappa shape index (κ2) is 6.31. The lowest BCUT2D eigenvalue weighted by atomic mass is 10.1. The van der Waals surface area contributed by atoms with E-state index in [1.54, 1.807) is 0 Å². The smallest absolute Gasteiger partial charge is 0.330 e. The largest absolute Gasteiger partial charge is 0.453 e. The number of aliphatic hydroxyl groups excluding tert-OH is 3. The first-order valence-electron chi connectivity index (χ1n) is 3.99. The molecule has 3 N–H and O–H groups in total. The average Bonchev–Trinajstić information content (AvgIpc) is 2.23. The van der Waals surface area contributed by atoms with Crippen molar-refractivity contribution in [2.45, 2.75) is 18.3 Å². The molecule has 0 aromatic heterocycles. The van der Waals surface area contributed by atoms with Crippen LogP contribution in [0.3, 0.4) is 0 Å². The van der Waals surface area contributed by atoms with Crippen molar-refractivity contribution < 1.29 is 24.9 Å². The first kappa shape index (κ1) is 12.8. The quantitative estimate of drug-likeness (QED) is 0.292. The van der Waals surface area contributed by atoms with Crippen molar-refractivity contribution in [1.29, 1.82) is 0 Å². The highest BCUT2D eigenvalue weighted by Gasteiger charge is 2.27. The molecule has 3 atom stereocenters. The Morgan fingerprint density at radius 1 is 1.43 bits per heavy atom. The van der Waals surface area contributed by atoms with Gasteiger partial charge in [0.1, 0.15) is 12.2 Å². The second-order valence-corrected chi connectivity index (χ2v) is 2.58. The number of carbonyl (C=O) groups excluding carboxylic acids is 1. The molecule has 0 bridgehead atoms. The Bertz CT molecular complexity index is 213. The van der Waals surface area contributed by atoms with Crippen LogP contribution >= 0.6 is 0 Å². The summed E-state index contributed by atoms with van der Waals surface area (Å²) in [5.74, 6) is -0.789. The Labute approximate surface area is 81.9 Å². The van der Waals surface area contributed by atoms with Gasteiger partial charge in [0.25, 0.3) is 0 Å². The van der Waals surface area contributed by atoms with Crippen LogP contribution in [0.5, 0.6) is 0 Å². The highest BCUT2D eigenvalue weighted by molar-refractivity contribution is 5.81. The highest BCUT2D eigenvalue weighted by Crippen LogP contribution is 2.07. The fourth-order valence-electron chi connectivity index (χ4n) is 0.796. The molecular formula is C9H14O5. The van der Waals surface area contributed by atoms with Crippen LogP contribution in [0, 0.1) is 0 Å². The third-order valence-electron chi connectivity index (χ3n) is 1.56. The lowest BCUT2D eigenvalue weighted by molar-refractivity contribution is -0.158. The number of carbonyl (C=O) groups is 1. The monoisotopic (exact) mass is 202 g/mol. The SMILES string of the molecule is C=CC(=O)O[C@@H]([C@H](O)C=C)[C@H](O)CO. The van der Waals surface area contributed by atoms with Crippen molar-refractivity contribution in [2.24, 2.45) is 0 Å². The van der Waals surface area contributed by atoms with Gasteiger partial charge in [0.05, 0.1) is 6.61 Å². The summed E-state index contributed by atoms with van der Waals surface area (Å²) in [7, 11) is 0. The Morgan fingerprint density at radius 3 is 2.36 bits per heavy atom. The van der Waals surface area contributed by atoms with Crippen molar-refractivity contribution in [3.63, 3.8) is 0 Å². The average molecular weight is 202 g/mol. The van der Waals surface area contributed by atoms with Crippen molar-refractivity contribution in [1.82, 2.24) is 0 Å². The zero-order valence-electron chi connectivity index (χ0n) is 7.67. The Balaban J connectivity index is 4.46.